The summed E-state index contributed by atoms with van der Waals surface area (Å²) in [5.41, 5.74) is 1.82. The fourth-order valence-electron chi connectivity index (χ4n) is 5.08. The van der Waals surface area contributed by atoms with Gasteiger partial charge in [0, 0.05) is 38.4 Å². The number of para-hydroxylation sites is 2. The minimum Gasteiger partial charge on any atom is -0.374 e. The normalized spacial score (nSPS) is 17.7. The van der Waals surface area contributed by atoms with Crippen LogP contribution >= 0.6 is 0 Å². The van der Waals surface area contributed by atoms with Gasteiger partial charge in [0.25, 0.3) is 5.56 Å². The molecule has 10 nitrogen and oxygen atoms in total. The van der Waals surface area contributed by atoms with Crippen LogP contribution < -0.4 is 26.8 Å². The zero-order valence-corrected chi connectivity index (χ0v) is 22.3. The van der Waals surface area contributed by atoms with Crippen LogP contribution in [0.1, 0.15) is 37.5 Å². The highest BCUT2D eigenvalue weighted by molar-refractivity contribution is 5.77. The third-order valence-electron chi connectivity index (χ3n) is 7.27. The monoisotopic (exact) mass is 524 g/mol. The molecule has 0 amide bonds. The van der Waals surface area contributed by atoms with E-state index < -0.39 is 12.6 Å². The number of hydrogen-bond acceptors (Lipinski definition) is 8. The topological polar surface area (TPSA) is 115 Å². The van der Waals surface area contributed by atoms with Crippen molar-refractivity contribution >= 4 is 16.6 Å². The number of benzene rings is 2. The molecule has 2 heterocycles. The second-order valence-corrected chi connectivity index (χ2v) is 9.86. The molecule has 1 aromatic heterocycles. The van der Waals surface area contributed by atoms with Crippen LogP contribution in [-0.4, -0.2) is 70.4 Å². The Morgan fingerprint density at radius 1 is 0.789 bits per heavy atom. The van der Waals surface area contributed by atoms with E-state index in [2.05, 4.69) is 10.6 Å². The summed E-state index contributed by atoms with van der Waals surface area (Å²) < 4.78 is 2.86. The quantitative estimate of drug-likeness (QED) is 0.246. The van der Waals surface area contributed by atoms with E-state index in [1.54, 1.807) is 29.0 Å². The van der Waals surface area contributed by atoms with Crippen LogP contribution in [0, 0.1) is 0 Å². The van der Waals surface area contributed by atoms with Crippen molar-refractivity contribution in [3.63, 3.8) is 0 Å². The largest absolute Gasteiger partial charge is 0.374 e. The van der Waals surface area contributed by atoms with Crippen LogP contribution in [0.2, 0.25) is 0 Å². The number of aromatic nitrogens is 2. The summed E-state index contributed by atoms with van der Waals surface area (Å²) in [6.07, 6.45) is 1.91. The second kappa shape index (κ2) is 13.2. The van der Waals surface area contributed by atoms with Gasteiger partial charge < -0.3 is 25.7 Å². The molecular formula is C28H40N6O4. The van der Waals surface area contributed by atoms with Crippen molar-refractivity contribution in [3.8, 4) is 0 Å². The molecule has 0 saturated carbocycles. The SMILES string of the molecule is CN1c2ccccc2C(O)N(CCCNCCCCNCCCn2c(=O)c3ccccc3n(C)c2=O)C1O. The Hall–Kier alpha value is -3.02. The summed E-state index contributed by atoms with van der Waals surface area (Å²) in [6.45, 7) is 4.31. The average molecular weight is 525 g/mol. The zero-order chi connectivity index (χ0) is 27.1. The Bertz CT molecular complexity index is 1320. The van der Waals surface area contributed by atoms with Crippen LogP contribution in [0.5, 0.6) is 0 Å². The molecule has 4 rings (SSSR count). The van der Waals surface area contributed by atoms with Gasteiger partial charge >= 0.3 is 5.69 Å². The molecule has 1 aliphatic heterocycles. The van der Waals surface area contributed by atoms with Crippen LogP contribution in [-0.2, 0) is 13.6 Å². The van der Waals surface area contributed by atoms with E-state index in [0.29, 0.717) is 30.4 Å². The molecule has 2 unspecified atom stereocenters. The minimum absolute atomic E-state index is 0.226. The number of nitrogens with one attached hydrogen (secondary N) is 2. The molecule has 3 aromatic rings. The van der Waals surface area contributed by atoms with Crippen LogP contribution in [0.15, 0.2) is 58.1 Å². The van der Waals surface area contributed by atoms with Crippen molar-refractivity contribution in [2.24, 2.45) is 7.05 Å². The molecule has 0 saturated heterocycles. The lowest BCUT2D eigenvalue weighted by molar-refractivity contribution is -0.111. The first-order chi connectivity index (χ1) is 18.4. The van der Waals surface area contributed by atoms with Gasteiger partial charge in [0.1, 0.15) is 6.23 Å². The van der Waals surface area contributed by atoms with Crippen molar-refractivity contribution in [2.45, 2.75) is 44.8 Å². The van der Waals surface area contributed by atoms with Gasteiger partial charge in [0.05, 0.1) is 10.9 Å². The molecule has 206 valence electrons. The summed E-state index contributed by atoms with van der Waals surface area (Å²) in [4.78, 5) is 28.7. The number of rotatable bonds is 13. The predicted octanol–water partition coefficient (Wildman–Crippen LogP) is 1.16. The molecule has 0 radical (unpaired) electrons. The molecule has 2 atom stereocenters. The Morgan fingerprint density at radius 2 is 1.39 bits per heavy atom. The zero-order valence-electron chi connectivity index (χ0n) is 22.3. The number of anilines is 1. The van der Waals surface area contributed by atoms with Gasteiger partial charge in [-0.1, -0.05) is 30.3 Å². The number of aliphatic hydroxyl groups excluding tert-OH is 2. The van der Waals surface area contributed by atoms with Crippen LogP contribution in [0.25, 0.3) is 10.9 Å². The molecule has 10 heteroatoms. The van der Waals surface area contributed by atoms with Crippen molar-refractivity contribution in [1.82, 2.24) is 24.7 Å². The van der Waals surface area contributed by atoms with Crippen molar-refractivity contribution in [1.29, 1.82) is 0 Å². The molecular weight excluding hydrogens is 484 g/mol. The van der Waals surface area contributed by atoms with Gasteiger partial charge in [-0.15, -0.1) is 0 Å². The maximum atomic E-state index is 12.7. The summed E-state index contributed by atoms with van der Waals surface area (Å²) in [5.74, 6) is 0. The van der Waals surface area contributed by atoms with Crippen molar-refractivity contribution < 1.29 is 10.2 Å². The van der Waals surface area contributed by atoms with E-state index in [4.69, 9.17) is 0 Å². The smallest absolute Gasteiger partial charge is 0.331 e. The molecule has 0 bridgehead atoms. The Balaban J connectivity index is 1.07. The Labute approximate surface area is 223 Å². The van der Waals surface area contributed by atoms with Gasteiger partial charge in [-0.05, 0) is 70.1 Å². The first-order valence-corrected chi connectivity index (χ1v) is 13.5. The molecule has 1 aliphatic rings. The van der Waals surface area contributed by atoms with E-state index in [-0.39, 0.29) is 11.2 Å². The Morgan fingerprint density at radius 3 is 2.13 bits per heavy atom. The highest BCUT2D eigenvalue weighted by Gasteiger charge is 2.34. The number of nitrogens with zero attached hydrogens (tertiary/aromatic N) is 4. The van der Waals surface area contributed by atoms with Crippen LogP contribution in [0.4, 0.5) is 5.69 Å². The lowest BCUT2D eigenvalue weighted by Crippen LogP contribution is -2.52. The fourth-order valence-corrected chi connectivity index (χ4v) is 5.08. The summed E-state index contributed by atoms with van der Waals surface area (Å²) >= 11 is 0. The summed E-state index contributed by atoms with van der Waals surface area (Å²) in [5, 5.41) is 28.7. The predicted molar refractivity (Wildman–Crippen MR) is 150 cm³/mol. The number of unbranched alkanes of at least 4 members (excludes halogenated alkanes) is 1. The maximum Gasteiger partial charge on any atom is 0.331 e. The second-order valence-electron chi connectivity index (χ2n) is 9.86. The molecule has 0 aliphatic carbocycles. The molecule has 38 heavy (non-hydrogen) atoms. The first-order valence-electron chi connectivity index (χ1n) is 13.5. The highest BCUT2D eigenvalue weighted by atomic mass is 16.3. The lowest BCUT2D eigenvalue weighted by atomic mass is 10.1. The third kappa shape index (κ3) is 6.16. The molecule has 2 aromatic carbocycles. The molecule has 4 N–H and O–H groups in total. The van der Waals surface area contributed by atoms with Gasteiger partial charge in [0.2, 0.25) is 0 Å². The van der Waals surface area contributed by atoms with Gasteiger partial charge in [-0.2, -0.15) is 0 Å². The van der Waals surface area contributed by atoms with E-state index >= 15 is 0 Å². The highest BCUT2D eigenvalue weighted by Crippen LogP contribution is 2.35. The van der Waals surface area contributed by atoms with Crippen molar-refractivity contribution in [3.05, 3.63) is 74.9 Å². The van der Waals surface area contributed by atoms with Gasteiger partial charge in [-0.25, -0.2) is 9.69 Å². The lowest BCUT2D eigenvalue weighted by Gasteiger charge is -2.43. The average Bonchev–Trinajstić information content (AvgIpc) is 2.94. The van der Waals surface area contributed by atoms with E-state index in [1.165, 1.54) is 9.13 Å². The Kier molecular flexibility index (Phi) is 9.70. The number of fused-ring (bicyclic) bond motifs is 2. The third-order valence-corrected chi connectivity index (χ3v) is 7.27. The standard InChI is InChI=1S/C28H40N6O4/c1-31-23-13-5-3-11-21(23)25(35)33(27(31)37)19-9-17-29-15-7-8-16-30-18-10-20-34-26(36)22-12-4-6-14-24(22)32(2)28(34)38/h3-6,11-14,25,27,29-30,35,37H,7-10,15-20H2,1-2H3. The van der Waals surface area contributed by atoms with E-state index in [9.17, 15) is 19.8 Å². The number of aliphatic hydroxyl groups is 2. The summed E-state index contributed by atoms with van der Waals surface area (Å²) in [6, 6.07) is 14.8. The minimum atomic E-state index is -0.853. The van der Waals surface area contributed by atoms with E-state index in [0.717, 1.165) is 56.7 Å². The number of hydrogen-bond donors (Lipinski definition) is 4. The molecule has 0 spiro atoms. The maximum absolute atomic E-state index is 12.7. The van der Waals surface area contributed by atoms with Crippen molar-refractivity contribution in [2.75, 3.05) is 44.7 Å². The number of aryl methyl sites for hydroxylation is 1. The van der Waals surface area contributed by atoms with Crippen LogP contribution in [0.3, 0.4) is 0 Å². The van der Waals surface area contributed by atoms with Gasteiger partial charge in [0.15, 0.2) is 6.35 Å². The first kappa shape index (κ1) is 28.0. The summed E-state index contributed by atoms with van der Waals surface area (Å²) in [7, 11) is 3.53. The van der Waals surface area contributed by atoms with Gasteiger partial charge in [-0.3, -0.25) is 13.9 Å². The molecule has 0 fully saturated rings. The van der Waals surface area contributed by atoms with E-state index in [1.807, 2.05) is 43.4 Å². The fraction of sp³-hybridized carbons (Fsp3) is 0.500.